The molecule has 0 aliphatic heterocycles. The first-order chi connectivity index (χ1) is 7.56. The summed E-state index contributed by atoms with van der Waals surface area (Å²) < 4.78 is 13.6. The Morgan fingerprint density at radius 2 is 1.88 bits per heavy atom. The molecular formula is C12H14Cl3F. The van der Waals surface area contributed by atoms with Gasteiger partial charge in [0.1, 0.15) is 5.82 Å². The summed E-state index contributed by atoms with van der Waals surface area (Å²) in [6, 6.07) is 4.55. The van der Waals surface area contributed by atoms with Gasteiger partial charge in [-0.1, -0.05) is 18.5 Å². The second-order valence-corrected chi connectivity index (χ2v) is 5.00. The maximum Gasteiger partial charge on any atom is 0.126 e. The predicted molar refractivity (Wildman–Crippen MR) is 69.3 cm³/mol. The molecule has 0 atom stereocenters. The van der Waals surface area contributed by atoms with E-state index in [2.05, 4.69) is 0 Å². The summed E-state index contributed by atoms with van der Waals surface area (Å²) in [6.45, 7) is 2.01. The van der Waals surface area contributed by atoms with Crippen molar-refractivity contribution in [2.75, 3.05) is 11.8 Å². The second kappa shape index (κ2) is 6.09. The molecule has 1 aromatic rings. The van der Waals surface area contributed by atoms with E-state index in [0.29, 0.717) is 28.8 Å². The van der Waals surface area contributed by atoms with Gasteiger partial charge in [0.2, 0.25) is 0 Å². The molecule has 0 N–H and O–H groups in total. The van der Waals surface area contributed by atoms with Crippen molar-refractivity contribution in [2.24, 2.45) is 5.41 Å². The van der Waals surface area contributed by atoms with Crippen molar-refractivity contribution < 1.29 is 4.39 Å². The summed E-state index contributed by atoms with van der Waals surface area (Å²) in [5.41, 5.74) is 0.324. The van der Waals surface area contributed by atoms with Gasteiger partial charge in [-0.15, -0.1) is 23.2 Å². The Hall–Kier alpha value is 0.0200. The lowest BCUT2D eigenvalue weighted by atomic mass is 9.83. The molecule has 0 nitrogen and oxygen atoms in total. The van der Waals surface area contributed by atoms with Crippen LogP contribution in [0.3, 0.4) is 0 Å². The van der Waals surface area contributed by atoms with Gasteiger partial charge >= 0.3 is 0 Å². The molecule has 0 saturated heterocycles. The molecule has 0 amide bonds. The van der Waals surface area contributed by atoms with Crippen molar-refractivity contribution in [1.29, 1.82) is 0 Å². The van der Waals surface area contributed by atoms with Crippen LogP contribution in [0.1, 0.15) is 18.9 Å². The van der Waals surface area contributed by atoms with Crippen molar-refractivity contribution in [1.82, 2.24) is 0 Å². The zero-order valence-corrected chi connectivity index (χ0v) is 11.3. The first kappa shape index (κ1) is 14.1. The molecule has 16 heavy (non-hydrogen) atoms. The van der Waals surface area contributed by atoms with Gasteiger partial charge in [-0.05, 0) is 36.6 Å². The molecule has 0 fully saturated rings. The third kappa shape index (κ3) is 3.26. The second-order valence-electron chi connectivity index (χ2n) is 4.03. The van der Waals surface area contributed by atoms with E-state index in [1.165, 1.54) is 12.1 Å². The summed E-state index contributed by atoms with van der Waals surface area (Å²) in [6.07, 6.45) is 1.33. The summed E-state index contributed by atoms with van der Waals surface area (Å²) >= 11 is 17.7. The molecule has 0 aromatic heterocycles. The lowest BCUT2D eigenvalue weighted by Gasteiger charge is -2.28. The van der Waals surface area contributed by atoms with E-state index >= 15 is 0 Å². The SMILES string of the molecule is CCC(CCl)(CCl)Cc1cc(Cl)ccc1F. The normalized spacial score (nSPS) is 11.8. The van der Waals surface area contributed by atoms with Gasteiger partial charge in [-0.2, -0.15) is 0 Å². The molecule has 0 heterocycles. The molecule has 0 saturated carbocycles. The minimum atomic E-state index is -0.255. The van der Waals surface area contributed by atoms with Crippen LogP contribution in [0.4, 0.5) is 4.39 Å². The Labute approximate surface area is 111 Å². The monoisotopic (exact) mass is 282 g/mol. The highest BCUT2D eigenvalue weighted by molar-refractivity contribution is 6.30. The molecule has 0 aliphatic rings. The maximum absolute atomic E-state index is 13.6. The Kier molecular flexibility index (Phi) is 5.36. The van der Waals surface area contributed by atoms with Crippen LogP contribution in [0.25, 0.3) is 0 Å². The molecule has 1 rings (SSSR count). The maximum atomic E-state index is 13.6. The molecule has 0 unspecified atom stereocenters. The Bertz CT molecular complexity index is 340. The van der Waals surface area contributed by atoms with Crippen LogP contribution in [-0.2, 0) is 6.42 Å². The smallest absolute Gasteiger partial charge is 0.126 e. The van der Waals surface area contributed by atoms with Gasteiger partial charge < -0.3 is 0 Å². The Morgan fingerprint density at radius 1 is 1.25 bits per heavy atom. The van der Waals surface area contributed by atoms with Crippen LogP contribution in [0.15, 0.2) is 18.2 Å². The molecule has 0 spiro atoms. The van der Waals surface area contributed by atoms with Gasteiger partial charge in [0.15, 0.2) is 0 Å². The quantitative estimate of drug-likeness (QED) is 0.675. The van der Waals surface area contributed by atoms with Crippen molar-refractivity contribution in [2.45, 2.75) is 19.8 Å². The minimum absolute atomic E-state index is 0.252. The standard InChI is InChI=1S/C12H14Cl3F/c1-2-12(7-13,8-14)6-9-5-10(15)3-4-11(9)16/h3-5H,2,6-8H2,1H3. The first-order valence-corrected chi connectivity index (χ1v) is 6.57. The molecule has 90 valence electrons. The lowest BCUT2D eigenvalue weighted by molar-refractivity contribution is 0.356. The molecular weight excluding hydrogens is 269 g/mol. The molecule has 0 radical (unpaired) electrons. The van der Waals surface area contributed by atoms with E-state index in [-0.39, 0.29) is 11.2 Å². The minimum Gasteiger partial charge on any atom is -0.207 e. The molecule has 0 bridgehead atoms. The molecule has 1 aromatic carbocycles. The summed E-state index contributed by atoms with van der Waals surface area (Å²) in [4.78, 5) is 0. The first-order valence-electron chi connectivity index (χ1n) is 5.13. The van der Waals surface area contributed by atoms with Crippen LogP contribution >= 0.6 is 34.8 Å². The highest BCUT2D eigenvalue weighted by Gasteiger charge is 2.27. The van der Waals surface area contributed by atoms with Crippen molar-refractivity contribution in [3.63, 3.8) is 0 Å². The zero-order valence-electron chi connectivity index (χ0n) is 9.07. The number of hydrogen-bond donors (Lipinski definition) is 0. The fraction of sp³-hybridized carbons (Fsp3) is 0.500. The van der Waals surface area contributed by atoms with E-state index in [1.807, 2.05) is 6.92 Å². The predicted octanol–water partition coefficient (Wildman–Crippen LogP) is 4.90. The summed E-state index contributed by atoms with van der Waals surface area (Å²) in [5.74, 6) is 0.579. The number of hydrogen-bond acceptors (Lipinski definition) is 0. The highest BCUT2D eigenvalue weighted by Crippen LogP contribution is 2.32. The fourth-order valence-corrected chi connectivity index (χ4v) is 2.57. The Balaban J connectivity index is 2.97. The van der Waals surface area contributed by atoms with E-state index in [0.717, 1.165) is 6.42 Å². The highest BCUT2D eigenvalue weighted by atomic mass is 35.5. The van der Waals surface area contributed by atoms with Gasteiger partial charge in [0.05, 0.1) is 0 Å². The van der Waals surface area contributed by atoms with E-state index in [9.17, 15) is 4.39 Å². The third-order valence-corrected chi connectivity index (χ3v) is 4.26. The van der Waals surface area contributed by atoms with Gasteiger partial charge in [-0.3, -0.25) is 0 Å². The molecule has 0 aliphatic carbocycles. The Morgan fingerprint density at radius 3 is 2.38 bits per heavy atom. The van der Waals surface area contributed by atoms with Crippen LogP contribution < -0.4 is 0 Å². The zero-order chi connectivity index (χ0) is 12.2. The van der Waals surface area contributed by atoms with E-state index in [4.69, 9.17) is 34.8 Å². The number of halogens is 4. The number of alkyl halides is 2. The van der Waals surface area contributed by atoms with Crippen LogP contribution in [0, 0.1) is 11.2 Å². The average Bonchev–Trinajstić information content (AvgIpc) is 2.31. The van der Waals surface area contributed by atoms with E-state index in [1.54, 1.807) is 6.07 Å². The topological polar surface area (TPSA) is 0 Å². The van der Waals surface area contributed by atoms with E-state index < -0.39 is 0 Å². The number of benzene rings is 1. The lowest BCUT2D eigenvalue weighted by Crippen LogP contribution is -2.27. The summed E-state index contributed by atoms with van der Waals surface area (Å²) in [5, 5.41) is 0.533. The summed E-state index contributed by atoms with van der Waals surface area (Å²) in [7, 11) is 0. The van der Waals surface area contributed by atoms with Crippen LogP contribution in [0.5, 0.6) is 0 Å². The van der Waals surface area contributed by atoms with Crippen molar-refractivity contribution in [3.8, 4) is 0 Å². The van der Waals surface area contributed by atoms with Gasteiger partial charge in [0, 0.05) is 22.2 Å². The van der Waals surface area contributed by atoms with Crippen molar-refractivity contribution in [3.05, 3.63) is 34.6 Å². The van der Waals surface area contributed by atoms with Crippen LogP contribution in [0.2, 0.25) is 5.02 Å². The third-order valence-electron chi connectivity index (χ3n) is 2.89. The number of rotatable bonds is 5. The average molecular weight is 284 g/mol. The largest absolute Gasteiger partial charge is 0.207 e. The van der Waals surface area contributed by atoms with Crippen molar-refractivity contribution >= 4 is 34.8 Å². The van der Waals surface area contributed by atoms with Gasteiger partial charge in [0.25, 0.3) is 0 Å². The van der Waals surface area contributed by atoms with Gasteiger partial charge in [-0.25, -0.2) is 4.39 Å². The molecule has 4 heteroatoms. The van der Waals surface area contributed by atoms with Crippen LogP contribution in [-0.4, -0.2) is 11.8 Å². The fourth-order valence-electron chi connectivity index (χ4n) is 1.53.